The summed E-state index contributed by atoms with van der Waals surface area (Å²) in [6.07, 6.45) is 0.911. The van der Waals surface area contributed by atoms with Gasteiger partial charge in [0.2, 0.25) is 11.8 Å². The molecule has 7 heteroatoms. The van der Waals surface area contributed by atoms with E-state index in [4.69, 9.17) is 0 Å². The number of aromatic nitrogens is 2. The van der Waals surface area contributed by atoms with Crippen LogP contribution in [0.1, 0.15) is 37.7 Å². The van der Waals surface area contributed by atoms with Crippen LogP contribution < -0.4 is 10.6 Å². The number of fused-ring (bicyclic) bond motifs is 1. The minimum absolute atomic E-state index is 0.103. The lowest BCUT2D eigenvalue weighted by molar-refractivity contribution is -0.119. The number of aromatic amines is 1. The summed E-state index contributed by atoms with van der Waals surface area (Å²) in [5, 5.41) is 5.93. The molecule has 0 saturated heterocycles. The standard InChI is InChI=1S/C23H28N4O2S/c1-4-16(3)22(23-25-18-7-5-6-8-19(18)26-23)27-21(29)14-30-13-20(28)24-17-11-9-15(2)10-12-17/h5-12,16,22H,4,13-14H2,1-3H3,(H,24,28)(H,25,26)(H,27,29)/t16-,22-/m1/s1. The maximum absolute atomic E-state index is 12.5. The number of rotatable bonds is 9. The van der Waals surface area contributed by atoms with Gasteiger partial charge in [-0.05, 0) is 37.1 Å². The number of carbonyl (C=O) groups excluding carboxylic acids is 2. The lowest BCUT2D eigenvalue weighted by atomic mass is 9.98. The smallest absolute Gasteiger partial charge is 0.234 e. The number of hydrogen-bond donors (Lipinski definition) is 3. The zero-order valence-corrected chi connectivity index (χ0v) is 18.4. The van der Waals surface area contributed by atoms with Gasteiger partial charge in [0, 0.05) is 5.69 Å². The van der Waals surface area contributed by atoms with Crippen LogP contribution in [0, 0.1) is 12.8 Å². The van der Waals surface area contributed by atoms with E-state index in [9.17, 15) is 9.59 Å². The number of aryl methyl sites for hydroxylation is 1. The molecule has 0 fully saturated rings. The van der Waals surface area contributed by atoms with Crippen molar-refractivity contribution in [1.29, 1.82) is 0 Å². The number of imidazole rings is 1. The third-order valence-corrected chi connectivity index (χ3v) is 5.97. The Hall–Kier alpha value is -2.80. The first kappa shape index (κ1) is 21.9. The molecule has 1 heterocycles. The molecule has 0 aliphatic carbocycles. The van der Waals surface area contributed by atoms with Crippen molar-refractivity contribution < 1.29 is 9.59 Å². The maximum Gasteiger partial charge on any atom is 0.234 e. The van der Waals surface area contributed by atoms with Gasteiger partial charge < -0.3 is 15.6 Å². The molecule has 3 aromatic rings. The highest BCUT2D eigenvalue weighted by atomic mass is 32.2. The summed E-state index contributed by atoms with van der Waals surface area (Å²) < 4.78 is 0. The van der Waals surface area contributed by atoms with Gasteiger partial charge in [-0.15, -0.1) is 11.8 Å². The van der Waals surface area contributed by atoms with Gasteiger partial charge in [0.1, 0.15) is 5.82 Å². The molecule has 2 aromatic carbocycles. The van der Waals surface area contributed by atoms with E-state index in [1.54, 1.807) is 0 Å². The van der Waals surface area contributed by atoms with Crippen LogP contribution in [0.3, 0.4) is 0 Å². The van der Waals surface area contributed by atoms with E-state index in [1.165, 1.54) is 11.8 Å². The summed E-state index contributed by atoms with van der Waals surface area (Å²) in [5.41, 5.74) is 3.74. The van der Waals surface area contributed by atoms with Gasteiger partial charge in [-0.3, -0.25) is 9.59 Å². The number of anilines is 1. The van der Waals surface area contributed by atoms with Crippen molar-refractivity contribution in [3.63, 3.8) is 0 Å². The molecule has 0 bridgehead atoms. The minimum Gasteiger partial charge on any atom is -0.345 e. The van der Waals surface area contributed by atoms with Crippen LogP contribution in [0.5, 0.6) is 0 Å². The second-order valence-electron chi connectivity index (χ2n) is 7.48. The van der Waals surface area contributed by atoms with Crippen LogP contribution in [-0.4, -0.2) is 33.3 Å². The average molecular weight is 425 g/mol. The number of benzene rings is 2. The van der Waals surface area contributed by atoms with E-state index in [0.29, 0.717) is 0 Å². The molecule has 1 aromatic heterocycles. The van der Waals surface area contributed by atoms with Crippen molar-refractivity contribution in [2.24, 2.45) is 5.92 Å². The van der Waals surface area contributed by atoms with Gasteiger partial charge in [-0.1, -0.05) is 50.1 Å². The van der Waals surface area contributed by atoms with Crippen LogP contribution in [0.25, 0.3) is 11.0 Å². The number of hydrogen-bond acceptors (Lipinski definition) is 4. The second kappa shape index (κ2) is 10.3. The topological polar surface area (TPSA) is 86.9 Å². The third kappa shape index (κ3) is 5.86. The molecular formula is C23H28N4O2S. The Balaban J connectivity index is 1.53. The average Bonchev–Trinajstić information content (AvgIpc) is 3.17. The monoisotopic (exact) mass is 424 g/mol. The fourth-order valence-electron chi connectivity index (χ4n) is 3.12. The summed E-state index contributed by atoms with van der Waals surface area (Å²) in [6.45, 7) is 6.19. The summed E-state index contributed by atoms with van der Waals surface area (Å²) >= 11 is 1.30. The molecule has 3 N–H and O–H groups in total. The van der Waals surface area contributed by atoms with Gasteiger partial charge in [0.25, 0.3) is 0 Å². The van der Waals surface area contributed by atoms with Gasteiger partial charge in [0.15, 0.2) is 0 Å². The van der Waals surface area contributed by atoms with Crippen LogP contribution in [0.2, 0.25) is 0 Å². The normalized spacial score (nSPS) is 13.0. The van der Waals surface area contributed by atoms with Crippen molar-refractivity contribution in [3.8, 4) is 0 Å². The Morgan fingerprint density at radius 3 is 2.47 bits per heavy atom. The molecule has 0 aliphatic rings. The summed E-state index contributed by atoms with van der Waals surface area (Å²) in [5.74, 6) is 1.21. The Kier molecular flexibility index (Phi) is 7.52. The summed E-state index contributed by atoms with van der Waals surface area (Å²) in [7, 11) is 0. The van der Waals surface area contributed by atoms with Crippen LogP contribution >= 0.6 is 11.8 Å². The fourth-order valence-corrected chi connectivity index (χ4v) is 3.75. The molecule has 0 unspecified atom stereocenters. The predicted molar refractivity (Wildman–Crippen MR) is 124 cm³/mol. The van der Waals surface area contributed by atoms with Crippen molar-refractivity contribution in [2.45, 2.75) is 33.2 Å². The fraction of sp³-hybridized carbons (Fsp3) is 0.348. The summed E-state index contributed by atoms with van der Waals surface area (Å²) in [6, 6.07) is 15.3. The first-order valence-electron chi connectivity index (χ1n) is 10.1. The number of thioether (sulfide) groups is 1. The van der Waals surface area contributed by atoms with E-state index in [-0.39, 0.29) is 35.3 Å². The predicted octanol–water partition coefficient (Wildman–Crippen LogP) is 4.45. The van der Waals surface area contributed by atoms with Gasteiger partial charge in [-0.2, -0.15) is 0 Å². The largest absolute Gasteiger partial charge is 0.345 e. The van der Waals surface area contributed by atoms with E-state index in [0.717, 1.165) is 34.5 Å². The van der Waals surface area contributed by atoms with E-state index in [1.807, 2.05) is 55.5 Å². The first-order valence-corrected chi connectivity index (χ1v) is 11.3. The highest BCUT2D eigenvalue weighted by Gasteiger charge is 2.23. The molecule has 0 saturated carbocycles. The maximum atomic E-state index is 12.5. The molecule has 30 heavy (non-hydrogen) atoms. The lowest BCUT2D eigenvalue weighted by Gasteiger charge is -2.22. The number of carbonyl (C=O) groups is 2. The first-order chi connectivity index (χ1) is 14.5. The van der Waals surface area contributed by atoms with Crippen molar-refractivity contribution in [3.05, 3.63) is 59.9 Å². The van der Waals surface area contributed by atoms with E-state index < -0.39 is 0 Å². The highest BCUT2D eigenvalue weighted by molar-refractivity contribution is 8.00. The van der Waals surface area contributed by atoms with Crippen molar-refractivity contribution in [2.75, 3.05) is 16.8 Å². The number of nitrogens with one attached hydrogen (secondary N) is 3. The number of amides is 2. The SMILES string of the molecule is CC[C@@H](C)[C@@H](NC(=O)CSCC(=O)Nc1ccc(C)cc1)c1nc2ccccc2[nH]1. The zero-order valence-electron chi connectivity index (χ0n) is 17.6. The third-order valence-electron chi connectivity index (χ3n) is 5.03. The van der Waals surface area contributed by atoms with E-state index >= 15 is 0 Å². The minimum atomic E-state index is -0.197. The van der Waals surface area contributed by atoms with Crippen LogP contribution in [0.4, 0.5) is 5.69 Å². The number of nitrogens with zero attached hydrogens (tertiary/aromatic N) is 1. The van der Waals surface area contributed by atoms with Crippen LogP contribution in [0.15, 0.2) is 48.5 Å². The van der Waals surface area contributed by atoms with E-state index in [2.05, 4.69) is 34.4 Å². The molecule has 0 aliphatic heterocycles. The zero-order chi connectivity index (χ0) is 21.5. The molecule has 158 valence electrons. The lowest BCUT2D eigenvalue weighted by Crippen LogP contribution is -2.34. The summed E-state index contributed by atoms with van der Waals surface area (Å²) in [4.78, 5) is 32.6. The Morgan fingerprint density at radius 1 is 1.07 bits per heavy atom. The van der Waals surface area contributed by atoms with Gasteiger partial charge in [0.05, 0.1) is 28.6 Å². The number of para-hydroxylation sites is 2. The van der Waals surface area contributed by atoms with Gasteiger partial charge >= 0.3 is 0 Å². The highest BCUT2D eigenvalue weighted by Crippen LogP contribution is 2.24. The number of H-pyrrole nitrogens is 1. The molecule has 3 rings (SSSR count). The molecular weight excluding hydrogens is 396 g/mol. The van der Waals surface area contributed by atoms with Crippen molar-refractivity contribution in [1.82, 2.24) is 15.3 Å². The molecule has 0 spiro atoms. The Labute approximate surface area is 181 Å². The Morgan fingerprint density at radius 2 is 1.77 bits per heavy atom. The molecule has 2 atom stereocenters. The molecule has 0 radical (unpaired) electrons. The molecule has 2 amide bonds. The second-order valence-corrected chi connectivity index (χ2v) is 8.46. The van der Waals surface area contributed by atoms with Crippen LogP contribution in [-0.2, 0) is 9.59 Å². The Bertz CT molecular complexity index is 967. The quantitative estimate of drug-likeness (QED) is 0.474. The molecule has 6 nitrogen and oxygen atoms in total. The van der Waals surface area contributed by atoms with Gasteiger partial charge in [-0.25, -0.2) is 4.98 Å². The van der Waals surface area contributed by atoms with Crippen molar-refractivity contribution >= 4 is 40.3 Å².